The summed E-state index contributed by atoms with van der Waals surface area (Å²) in [5.41, 5.74) is 0. The Morgan fingerprint density at radius 2 is 2.00 bits per heavy atom. The zero-order valence-electron chi connectivity index (χ0n) is 8.01. The predicted octanol–water partition coefficient (Wildman–Crippen LogP) is 0.677. The SMILES string of the molecule is CCOC(Cn1cncn1)OCC. The number of ether oxygens (including phenoxy) is 2. The first-order valence-corrected chi connectivity index (χ1v) is 4.42. The topological polar surface area (TPSA) is 49.2 Å². The third-order valence-corrected chi connectivity index (χ3v) is 1.51. The van der Waals surface area contributed by atoms with Crippen molar-refractivity contribution in [3.8, 4) is 0 Å². The first-order valence-electron chi connectivity index (χ1n) is 4.42. The van der Waals surface area contributed by atoms with Crippen LogP contribution in [-0.2, 0) is 16.0 Å². The summed E-state index contributed by atoms with van der Waals surface area (Å²) in [6.07, 6.45) is 2.91. The first kappa shape index (κ1) is 10.1. The lowest BCUT2D eigenvalue weighted by Gasteiger charge is -2.16. The van der Waals surface area contributed by atoms with Gasteiger partial charge >= 0.3 is 0 Å². The quantitative estimate of drug-likeness (QED) is 0.611. The molecule has 0 aromatic carbocycles. The minimum Gasteiger partial charge on any atom is -0.351 e. The van der Waals surface area contributed by atoms with Gasteiger partial charge in [0.15, 0.2) is 6.29 Å². The maximum absolute atomic E-state index is 5.34. The smallest absolute Gasteiger partial charge is 0.176 e. The van der Waals surface area contributed by atoms with E-state index in [0.29, 0.717) is 19.8 Å². The Kier molecular flexibility index (Phi) is 4.42. The van der Waals surface area contributed by atoms with E-state index in [1.54, 1.807) is 11.0 Å². The van der Waals surface area contributed by atoms with Crippen molar-refractivity contribution in [3.05, 3.63) is 12.7 Å². The molecule has 0 spiro atoms. The van der Waals surface area contributed by atoms with E-state index in [2.05, 4.69) is 10.1 Å². The van der Waals surface area contributed by atoms with Crippen LogP contribution in [-0.4, -0.2) is 34.3 Å². The second kappa shape index (κ2) is 5.66. The summed E-state index contributed by atoms with van der Waals surface area (Å²) >= 11 is 0. The van der Waals surface area contributed by atoms with Crippen LogP contribution in [0.3, 0.4) is 0 Å². The molecule has 0 saturated carbocycles. The van der Waals surface area contributed by atoms with Crippen LogP contribution in [0.1, 0.15) is 13.8 Å². The van der Waals surface area contributed by atoms with E-state index in [-0.39, 0.29) is 6.29 Å². The van der Waals surface area contributed by atoms with Crippen LogP contribution in [0.5, 0.6) is 0 Å². The van der Waals surface area contributed by atoms with E-state index in [1.165, 1.54) is 6.33 Å². The molecule has 5 heteroatoms. The molecule has 1 aromatic heterocycles. The summed E-state index contributed by atoms with van der Waals surface area (Å²) in [5.74, 6) is 0. The van der Waals surface area contributed by atoms with Gasteiger partial charge in [-0.25, -0.2) is 9.67 Å². The van der Waals surface area contributed by atoms with Crippen LogP contribution in [0.15, 0.2) is 12.7 Å². The highest BCUT2D eigenvalue weighted by Crippen LogP contribution is 1.98. The molecule has 0 amide bonds. The van der Waals surface area contributed by atoms with E-state index in [4.69, 9.17) is 9.47 Å². The molecule has 0 aliphatic rings. The van der Waals surface area contributed by atoms with Gasteiger partial charge in [0, 0.05) is 13.2 Å². The van der Waals surface area contributed by atoms with Crippen molar-refractivity contribution < 1.29 is 9.47 Å². The summed E-state index contributed by atoms with van der Waals surface area (Å²) < 4.78 is 12.4. The number of aromatic nitrogens is 3. The normalized spacial score (nSPS) is 11.0. The lowest BCUT2D eigenvalue weighted by molar-refractivity contribution is -0.144. The molecule has 0 fully saturated rings. The Balaban J connectivity index is 2.37. The molecule has 13 heavy (non-hydrogen) atoms. The van der Waals surface area contributed by atoms with Crippen LogP contribution < -0.4 is 0 Å². The van der Waals surface area contributed by atoms with Crippen molar-refractivity contribution >= 4 is 0 Å². The molecule has 1 rings (SSSR count). The van der Waals surface area contributed by atoms with Crippen molar-refractivity contribution in [3.63, 3.8) is 0 Å². The van der Waals surface area contributed by atoms with Crippen LogP contribution in [0.2, 0.25) is 0 Å². The number of hydrogen-bond acceptors (Lipinski definition) is 4. The summed E-state index contributed by atoms with van der Waals surface area (Å²) in [4.78, 5) is 3.84. The van der Waals surface area contributed by atoms with E-state index in [9.17, 15) is 0 Å². The second-order valence-corrected chi connectivity index (χ2v) is 2.46. The fraction of sp³-hybridized carbons (Fsp3) is 0.750. The molecule has 1 aromatic rings. The average molecular weight is 185 g/mol. The Morgan fingerprint density at radius 1 is 1.31 bits per heavy atom. The zero-order chi connectivity index (χ0) is 9.52. The monoisotopic (exact) mass is 185 g/mol. The molecule has 0 unspecified atom stereocenters. The van der Waals surface area contributed by atoms with Crippen LogP contribution in [0, 0.1) is 0 Å². The van der Waals surface area contributed by atoms with E-state index >= 15 is 0 Å². The average Bonchev–Trinajstić information content (AvgIpc) is 2.58. The Hall–Kier alpha value is -0.940. The minimum absolute atomic E-state index is 0.225. The zero-order valence-corrected chi connectivity index (χ0v) is 8.01. The van der Waals surface area contributed by atoms with Gasteiger partial charge in [-0.3, -0.25) is 0 Å². The summed E-state index contributed by atoms with van der Waals surface area (Å²) in [7, 11) is 0. The standard InChI is InChI=1S/C8H15N3O2/c1-3-12-8(13-4-2)5-11-7-9-6-10-11/h6-8H,3-5H2,1-2H3. The highest BCUT2D eigenvalue weighted by molar-refractivity contribution is 4.57. The van der Waals surface area contributed by atoms with Crippen LogP contribution in [0.25, 0.3) is 0 Å². The largest absolute Gasteiger partial charge is 0.351 e. The van der Waals surface area contributed by atoms with E-state index < -0.39 is 0 Å². The van der Waals surface area contributed by atoms with Gasteiger partial charge in [-0.05, 0) is 13.8 Å². The highest BCUT2D eigenvalue weighted by atomic mass is 16.7. The van der Waals surface area contributed by atoms with Crippen molar-refractivity contribution in [2.45, 2.75) is 26.7 Å². The van der Waals surface area contributed by atoms with E-state index in [1.807, 2.05) is 13.8 Å². The Labute approximate surface area is 77.7 Å². The third-order valence-electron chi connectivity index (χ3n) is 1.51. The highest BCUT2D eigenvalue weighted by Gasteiger charge is 2.08. The minimum atomic E-state index is -0.225. The number of hydrogen-bond donors (Lipinski definition) is 0. The van der Waals surface area contributed by atoms with Gasteiger partial charge in [0.1, 0.15) is 12.7 Å². The fourth-order valence-corrected chi connectivity index (χ4v) is 1.01. The molecule has 0 atom stereocenters. The molecule has 0 saturated heterocycles. The molecule has 5 nitrogen and oxygen atoms in total. The third kappa shape index (κ3) is 3.52. The van der Waals surface area contributed by atoms with Gasteiger partial charge in [-0.1, -0.05) is 0 Å². The molecule has 0 N–H and O–H groups in total. The molecular weight excluding hydrogens is 170 g/mol. The maximum atomic E-state index is 5.34. The van der Waals surface area contributed by atoms with Crippen molar-refractivity contribution in [1.82, 2.24) is 14.8 Å². The summed E-state index contributed by atoms with van der Waals surface area (Å²) in [5, 5.41) is 3.97. The molecule has 0 radical (unpaired) electrons. The summed E-state index contributed by atoms with van der Waals surface area (Å²) in [6, 6.07) is 0. The van der Waals surface area contributed by atoms with Crippen molar-refractivity contribution in [2.75, 3.05) is 13.2 Å². The molecule has 1 heterocycles. The number of rotatable bonds is 6. The molecule has 0 aliphatic carbocycles. The fourth-order valence-electron chi connectivity index (χ4n) is 1.01. The maximum Gasteiger partial charge on any atom is 0.176 e. The van der Waals surface area contributed by atoms with Gasteiger partial charge in [0.05, 0.1) is 6.54 Å². The second-order valence-electron chi connectivity index (χ2n) is 2.46. The van der Waals surface area contributed by atoms with Crippen molar-refractivity contribution in [1.29, 1.82) is 0 Å². The van der Waals surface area contributed by atoms with Crippen molar-refractivity contribution in [2.24, 2.45) is 0 Å². The Morgan fingerprint density at radius 3 is 2.46 bits per heavy atom. The van der Waals surface area contributed by atoms with Crippen LogP contribution in [0.4, 0.5) is 0 Å². The first-order chi connectivity index (χ1) is 6.36. The predicted molar refractivity (Wildman–Crippen MR) is 47.1 cm³/mol. The van der Waals surface area contributed by atoms with Gasteiger partial charge in [-0.15, -0.1) is 0 Å². The lowest BCUT2D eigenvalue weighted by Crippen LogP contribution is -2.23. The van der Waals surface area contributed by atoms with Gasteiger partial charge in [-0.2, -0.15) is 5.10 Å². The van der Waals surface area contributed by atoms with Gasteiger partial charge in [0.2, 0.25) is 0 Å². The molecule has 0 aliphatic heterocycles. The van der Waals surface area contributed by atoms with Gasteiger partial charge in [0.25, 0.3) is 0 Å². The lowest BCUT2D eigenvalue weighted by atomic mass is 10.6. The summed E-state index contributed by atoms with van der Waals surface area (Å²) in [6.45, 7) is 5.74. The Bertz CT molecular complexity index is 207. The van der Waals surface area contributed by atoms with E-state index in [0.717, 1.165) is 0 Å². The molecule has 0 bridgehead atoms. The van der Waals surface area contributed by atoms with Gasteiger partial charge < -0.3 is 9.47 Å². The molecular formula is C8H15N3O2. The number of nitrogens with zero attached hydrogens (tertiary/aromatic N) is 3. The van der Waals surface area contributed by atoms with Crippen LogP contribution >= 0.6 is 0 Å². The molecule has 74 valence electrons.